The monoisotopic (exact) mass is 368 g/mol. The molecule has 1 aromatic heterocycles. The smallest absolute Gasteiger partial charge is 0.255 e. The Balaban J connectivity index is 1.73. The van der Waals surface area contributed by atoms with E-state index >= 15 is 0 Å². The third kappa shape index (κ3) is 3.36. The molecule has 0 aliphatic rings. The molecule has 0 atom stereocenters. The van der Waals surface area contributed by atoms with Crippen molar-refractivity contribution >= 4 is 33.3 Å². The lowest BCUT2D eigenvalue weighted by atomic mass is 9.86. The van der Waals surface area contributed by atoms with E-state index in [1.807, 2.05) is 55.5 Å². The zero-order valence-corrected chi connectivity index (χ0v) is 16.7. The van der Waals surface area contributed by atoms with E-state index in [9.17, 15) is 4.79 Å². The Labute approximate surface area is 165 Å². The van der Waals surface area contributed by atoms with Gasteiger partial charge in [-0.15, -0.1) is 0 Å². The van der Waals surface area contributed by atoms with Crippen molar-refractivity contribution in [1.82, 2.24) is 4.98 Å². The van der Waals surface area contributed by atoms with Crippen LogP contribution in [0.2, 0.25) is 0 Å². The molecule has 0 aliphatic carbocycles. The molecule has 1 N–H and O–H groups in total. The number of anilines is 1. The Morgan fingerprint density at radius 2 is 1.61 bits per heavy atom. The van der Waals surface area contributed by atoms with Gasteiger partial charge < -0.3 is 5.32 Å². The molecule has 28 heavy (non-hydrogen) atoms. The van der Waals surface area contributed by atoms with Crippen LogP contribution in [0.5, 0.6) is 0 Å². The molecular formula is C25H24N2O. The molecule has 3 heteroatoms. The maximum atomic E-state index is 12.9. The largest absolute Gasteiger partial charge is 0.321 e. The van der Waals surface area contributed by atoms with Crippen LogP contribution < -0.4 is 5.32 Å². The number of carbonyl (C=O) groups is 1. The number of nitrogens with one attached hydrogen (secondary N) is 1. The molecule has 4 rings (SSSR count). The van der Waals surface area contributed by atoms with Crippen LogP contribution in [0, 0.1) is 6.92 Å². The number of carbonyl (C=O) groups excluding carboxylic acids is 1. The fourth-order valence-electron chi connectivity index (χ4n) is 3.51. The van der Waals surface area contributed by atoms with Gasteiger partial charge in [0.1, 0.15) is 0 Å². The van der Waals surface area contributed by atoms with Crippen molar-refractivity contribution in [1.29, 1.82) is 0 Å². The van der Waals surface area contributed by atoms with Gasteiger partial charge in [0, 0.05) is 22.0 Å². The van der Waals surface area contributed by atoms with E-state index in [1.165, 1.54) is 5.56 Å². The second-order valence-electron chi connectivity index (χ2n) is 8.28. The predicted octanol–water partition coefficient (Wildman–Crippen LogP) is 6.25. The van der Waals surface area contributed by atoms with Crippen LogP contribution in [0.15, 0.2) is 66.7 Å². The number of pyridine rings is 1. The minimum absolute atomic E-state index is 0.0640. The first kappa shape index (κ1) is 18.2. The molecule has 3 aromatic carbocycles. The minimum atomic E-state index is -0.111. The summed E-state index contributed by atoms with van der Waals surface area (Å²) in [7, 11) is 0. The van der Waals surface area contributed by atoms with E-state index in [0.29, 0.717) is 5.56 Å². The van der Waals surface area contributed by atoms with E-state index in [-0.39, 0.29) is 11.3 Å². The number of rotatable bonds is 2. The van der Waals surface area contributed by atoms with Crippen molar-refractivity contribution in [2.75, 3.05) is 5.32 Å². The molecule has 0 radical (unpaired) electrons. The highest BCUT2D eigenvalue weighted by Gasteiger charge is 2.15. The highest BCUT2D eigenvalue weighted by Crippen LogP contribution is 2.30. The van der Waals surface area contributed by atoms with E-state index < -0.39 is 0 Å². The van der Waals surface area contributed by atoms with Gasteiger partial charge in [-0.25, -0.2) is 0 Å². The first-order valence-electron chi connectivity index (χ1n) is 9.54. The third-order valence-electron chi connectivity index (χ3n) is 5.09. The summed E-state index contributed by atoms with van der Waals surface area (Å²) in [5, 5.41) is 6.27. The first-order chi connectivity index (χ1) is 13.3. The Morgan fingerprint density at radius 3 is 2.32 bits per heavy atom. The van der Waals surface area contributed by atoms with E-state index in [1.54, 1.807) is 0 Å². The van der Waals surface area contributed by atoms with Crippen molar-refractivity contribution in [3.63, 3.8) is 0 Å². The summed E-state index contributed by atoms with van der Waals surface area (Å²) in [6.07, 6.45) is 0. The quantitative estimate of drug-likeness (QED) is 0.425. The Bertz CT molecular complexity index is 1190. The van der Waals surface area contributed by atoms with Gasteiger partial charge >= 0.3 is 0 Å². The summed E-state index contributed by atoms with van der Waals surface area (Å²) < 4.78 is 0. The summed E-state index contributed by atoms with van der Waals surface area (Å²) >= 11 is 0. The molecule has 0 bridgehead atoms. The number of aryl methyl sites for hydroxylation is 1. The lowest BCUT2D eigenvalue weighted by molar-refractivity contribution is 0.102. The minimum Gasteiger partial charge on any atom is -0.321 e. The number of fused-ring (bicyclic) bond motifs is 3. The molecule has 4 aromatic rings. The SMILES string of the molecule is Cc1cc(NC(=O)c2ccc(C(C)(C)C)cc2)c2ccc3ccccc3c2n1. The number of hydrogen-bond acceptors (Lipinski definition) is 2. The van der Waals surface area contributed by atoms with E-state index in [4.69, 9.17) is 4.98 Å². The van der Waals surface area contributed by atoms with Gasteiger partial charge in [0.15, 0.2) is 0 Å². The predicted molar refractivity (Wildman–Crippen MR) is 117 cm³/mol. The van der Waals surface area contributed by atoms with Crippen molar-refractivity contribution in [2.45, 2.75) is 33.1 Å². The van der Waals surface area contributed by atoms with Crippen LogP contribution in [0.25, 0.3) is 21.7 Å². The summed E-state index contributed by atoms with van der Waals surface area (Å²) in [6.45, 7) is 8.45. The third-order valence-corrected chi connectivity index (χ3v) is 5.09. The highest BCUT2D eigenvalue weighted by atomic mass is 16.1. The molecule has 0 spiro atoms. The fourth-order valence-corrected chi connectivity index (χ4v) is 3.51. The maximum absolute atomic E-state index is 12.9. The molecule has 0 fully saturated rings. The van der Waals surface area contributed by atoms with Crippen molar-refractivity contribution in [3.05, 3.63) is 83.6 Å². The Kier molecular flexibility index (Phi) is 4.38. The topological polar surface area (TPSA) is 42.0 Å². The normalized spacial score (nSPS) is 11.7. The van der Waals surface area contributed by atoms with Crippen LogP contribution in [-0.4, -0.2) is 10.9 Å². The second-order valence-corrected chi connectivity index (χ2v) is 8.28. The van der Waals surface area contributed by atoms with Crippen molar-refractivity contribution in [3.8, 4) is 0 Å². The van der Waals surface area contributed by atoms with Crippen LogP contribution in [0.1, 0.15) is 42.4 Å². The summed E-state index contributed by atoms with van der Waals surface area (Å²) in [5.41, 5.74) is 4.50. The van der Waals surface area contributed by atoms with Crippen molar-refractivity contribution in [2.24, 2.45) is 0 Å². The summed E-state index contributed by atoms with van der Waals surface area (Å²) in [6, 6.07) is 22.0. The lowest BCUT2D eigenvalue weighted by Crippen LogP contribution is -2.14. The van der Waals surface area contributed by atoms with Gasteiger partial charge in [-0.3, -0.25) is 9.78 Å². The van der Waals surface area contributed by atoms with Gasteiger partial charge in [0.2, 0.25) is 0 Å². The summed E-state index contributed by atoms with van der Waals surface area (Å²) in [4.78, 5) is 17.6. The van der Waals surface area contributed by atoms with Gasteiger partial charge in [-0.05, 0) is 41.5 Å². The number of amides is 1. The summed E-state index contributed by atoms with van der Waals surface area (Å²) in [5.74, 6) is -0.111. The first-order valence-corrected chi connectivity index (χ1v) is 9.54. The van der Waals surface area contributed by atoms with Crippen LogP contribution in [-0.2, 0) is 5.41 Å². The Morgan fingerprint density at radius 1 is 0.893 bits per heavy atom. The van der Waals surface area contributed by atoms with Crippen molar-refractivity contribution < 1.29 is 4.79 Å². The Hall–Kier alpha value is -3.20. The second kappa shape index (κ2) is 6.75. The van der Waals surface area contributed by atoms with Gasteiger partial charge in [-0.2, -0.15) is 0 Å². The molecule has 1 heterocycles. The molecule has 140 valence electrons. The van der Waals surface area contributed by atoms with Crippen LogP contribution in [0.4, 0.5) is 5.69 Å². The molecular weight excluding hydrogens is 344 g/mol. The number of nitrogens with zero attached hydrogens (tertiary/aromatic N) is 1. The average Bonchev–Trinajstić information content (AvgIpc) is 2.67. The highest BCUT2D eigenvalue weighted by molar-refractivity contribution is 6.13. The van der Waals surface area contributed by atoms with Gasteiger partial charge in [0.25, 0.3) is 5.91 Å². The number of hydrogen-bond donors (Lipinski definition) is 1. The number of aromatic nitrogens is 1. The zero-order valence-electron chi connectivity index (χ0n) is 16.7. The molecule has 3 nitrogen and oxygen atoms in total. The zero-order chi connectivity index (χ0) is 19.9. The van der Waals surface area contributed by atoms with Crippen LogP contribution >= 0.6 is 0 Å². The standard InChI is InChI=1S/C25H24N2O/c1-16-15-22(21-14-11-17-7-5-6-8-20(17)23(21)26-16)27-24(28)18-9-12-19(13-10-18)25(2,3)4/h5-15H,1-4H3,(H,26,27,28). The van der Waals surface area contributed by atoms with E-state index in [2.05, 4.69) is 44.3 Å². The van der Waals surface area contributed by atoms with Gasteiger partial charge in [0.05, 0.1) is 11.2 Å². The lowest BCUT2D eigenvalue weighted by Gasteiger charge is -2.19. The fraction of sp³-hybridized carbons (Fsp3) is 0.200. The molecule has 0 saturated heterocycles. The molecule has 1 amide bonds. The number of benzene rings is 3. The van der Waals surface area contributed by atoms with E-state index in [0.717, 1.165) is 33.1 Å². The van der Waals surface area contributed by atoms with Crippen LogP contribution in [0.3, 0.4) is 0 Å². The van der Waals surface area contributed by atoms with Gasteiger partial charge in [-0.1, -0.05) is 69.3 Å². The molecule has 0 saturated carbocycles. The maximum Gasteiger partial charge on any atom is 0.255 e. The average molecular weight is 368 g/mol. The molecule has 0 aliphatic heterocycles. The molecule has 0 unspecified atom stereocenters.